The van der Waals surface area contributed by atoms with Crippen LogP contribution in [-0.4, -0.2) is 28.8 Å². The van der Waals surface area contributed by atoms with Crippen LogP contribution in [0.1, 0.15) is 31.9 Å². The molecule has 0 aliphatic rings. The molecule has 2 N–H and O–H groups in total. The number of hydrogen-bond acceptors (Lipinski definition) is 4. The molecule has 120 valence electrons. The van der Waals surface area contributed by atoms with Crippen LogP contribution in [0.25, 0.3) is 0 Å². The summed E-state index contributed by atoms with van der Waals surface area (Å²) in [7, 11) is 0. The molecule has 0 bridgehead atoms. The molecule has 1 rings (SSSR count). The zero-order valence-corrected chi connectivity index (χ0v) is 13.2. The highest BCUT2D eigenvalue weighted by Gasteiger charge is 2.24. The van der Waals surface area contributed by atoms with E-state index < -0.39 is 23.7 Å². The number of benzene rings is 1. The highest BCUT2D eigenvalue weighted by atomic mass is 16.6. The molecule has 1 unspecified atom stereocenters. The van der Waals surface area contributed by atoms with Crippen LogP contribution in [0.3, 0.4) is 0 Å². The van der Waals surface area contributed by atoms with Crippen molar-refractivity contribution in [3.63, 3.8) is 0 Å². The van der Waals surface area contributed by atoms with Crippen LogP contribution >= 0.6 is 0 Å². The minimum atomic E-state index is -1.15. The molecule has 6 heteroatoms. The zero-order chi connectivity index (χ0) is 17.5. The number of alkyl carbamates (subject to hydrolysis) is 1. The lowest BCUT2D eigenvalue weighted by molar-refractivity contribution is -0.139. The molecule has 1 aromatic carbocycles. The molecule has 0 saturated carbocycles. The third-order valence-corrected chi connectivity index (χ3v) is 2.65. The smallest absolute Gasteiger partial charge is 0.408 e. The summed E-state index contributed by atoms with van der Waals surface area (Å²) in [6, 6.07) is 7.40. The lowest BCUT2D eigenvalue weighted by atomic mass is 10.0. The van der Waals surface area contributed by atoms with Gasteiger partial charge in [0.25, 0.3) is 0 Å². The molecule has 0 fully saturated rings. The number of carboxylic acid groups (broad SMARTS) is 1. The van der Waals surface area contributed by atoms with Crippen molar-refractivity contribution in [1.82, 2.24) is 5.32 Å². The number of nitrogens with one attached hydrogen (secondary N) is 1. The summed E-state index contributed by atoms with van der Waals surface area (Å²) >= 11 is 0. The van der Waals surface area contributed by atoms with Gasteiger partial charge in [-0.2, -0.15) is 5.26 Å². The normalized spacial score (nSPS) is 11.4. The van der Waals surface area contributed by atoms with E-state index in [2.05, 4.69) is 17.2 Å². The van der Waals surface area contributed by atoms with E-state index in [1.165, 1.54) is 0 Å². The van der Waals surface area contributed by atoms with Crippen LogP contribution in [0.4, 0.5) is 4.79 Å². The third kappa shape index (κ3) is 7.01. The Labute approximate surface area is 135 Å². The predicted molar refractivity (Wildman–Crippen MR) is 83.4 cm³/mol. The quantitative estimate of drug-likeness (QED) is 0.829. The summed E-state index contributed by atoms with van der Waals surface area (Å²) in [5.41, 5.74) is 0.673. The van der Waals surface area contributed by atoms with Gasteiger partial charge in [0.1, 0.15) is 11.6 Å². The fraction of sp³-hybridized carbons (Fsp3) is 0.353. The second-order valence-corrected chi connectivity index (χ2v) is 5.80. The molecular formula is C17H18N2O4. The van der Waals surface area contributed by atoms with Crippen molar-refractivity contribution in [2.75, 3.05) is 0 Å². The summed E-state index contributed by atoms with van der Waals surface area (Å²) in [6.45, 7) is 5.09. The van der Waals surface area contributed by atoms with Crippen LogP contribution in [0, 0.1) is 23.2 Å². The van der Waals surface area contributed by atoms with Crippen LogP contribution in [-0.2, 0) is 16.0 Å². The number of amides is 1. The van der Waals surface area contributed by atoms with Gasteiger partial charge in [0.2, 0.25) is 0 Å². The van der Waals surface area contributed by atoms with Crippen molar-refractivity contribution in [2.24, 2.45) is 0 Å². The number of nitrogens with zero attached hydrogens (tertiary/aromatic N) is 1. The van der Waals surface area contributed by atoms with Crippen molar-refractivity contribution in [3.05, 3.63) is 35.4 Å². The lowest BCUT2D eigenvalue weighted by Gasteiger charge is -2.22. The first kappa shape index (κ1) is 18.1. The highest BCUT2D eigenvalue weighted by molar-refractivity contribution is 5.80. The zero-order valence-electron chi connectivity index (χ0n) is 13.2. The second-order valence-electron chi connectivity index (χ2n) is 5.80. The average molecular weight is 314 g/mol. The molecule has 0 aliphatic carbocycles. The molecule has 0 radical (unpaired) electrons. The van der Waals surface area contributed by atoms with Crippen molar-refractivity contribution < 1.29 is 19.4 Å². The lowest BCUT2D eigenvalue weighted by Crippen LogP contribution is -2.44. The van der Waals surface area contributed by atoms with Gasteiger partial charge in [-0.3, -0.25) is 0 Å². The van der Waals surface area contributed by atoms with Crippen molar-refractivity contribution >= 4 is 12.1 Å². The molecule has 23 heavy (non-hydrogen) atoms. The summed E-state index contributed by atoms with van der Waals surface area (Å²) < 4.78 is 5.06. The molecule has 0 heterocycles. The molecular weight excluding hydrogens is 296 g/mol. The van der Waals surface area contributed by atoms with E-state index in [4.69, 9.17) is 10.00 Å². The van der Waals surface area contributed by atoms with Crippen molar-refractivity contribution in [3.8, 4) is 17.9 Å². The number of carboxylic acids is 1. The van der Waals surface area contributed by atoms with Crippen LogP contribution in [0.15, 0.2) is 24.3 Å². The van der Waals surface area contributed by atoms with Crippen molar-refractivity contribution in [1.29, 1.82) is 5.26 Å². The Morgan fingerprint density at radius 1 is 1.30 bits per heavy atom. The number of hydrogen-bond donors (Lipinski definition) is 2. The highest BCUT2D eigenvalue weighted by Crippen LogP contribution is 2.09. The Kier molecular flexibility index (Phi) is 6.17. The van der Waals surface area contributed by atoms with E-state index in [9.17, 15) is 14.7 Å². The van der Waals surface area contributed by atoms with E-state index in [1.54, 1.807) is 51.1 Å². The van der Waals surface area contributed by atoms with Gasteiger partial charge in [-0.25, -0.2) is 9.59 Å². The molecule has 6 nitrogen and oxygen atoms in total. The van der Waals surface area contributed by atoms with Crippen LogP contribution in [0.5, 0.6) is 0 Å². The Bertz CT molecular complexity index is 670. The maximum absolute atomic E-state index is 11.7. The molecule has 1 aromatic rings. The molecule has 0 saturated heterocycles. The van der Waals surface area contributed by atoms with Gasteiger partial charge in [-0.15, -0.1) is 0 Å². The Hall–Kier alpha value is -2.99. The number of carbonyl (C=O) groups excluding carboxylic acids is 1. The molecule has 1 atom stereocenters. The van der Waals surface area contributed by atoms with Gasteiger partial charge in [-0.05, 0) is 38.5 Å². The first-order valence-electron chi connectivity index (χ1n) is 6.92. The number of carbonyl (C=O) groups is 2. The maximum atomic E-state index is 11.7. The van der Waals surface area contributed by atoms with Gasteiger partial charge in [0.15, 0.2) is 6.07 Å². The predicted octanol–water partition coefficient (Wildman–Crippen LogP) is 2.08. The average Bonchev–Trinajstić information content (AvgIpc) is 2.43. The number of rotatable bonds is 4. The van der Waals surface area contributed by atoms with E-state index in [1.807, 2.05) is 0 Å². The van der Waals surface area contributed by atoms with Gasteiger partial charge in [-0.1, -0.05) is 18.1 Å². The monoisotopic (exact) mass is 314 g/mol. The molecule has 0 aromatic heterocycles. The largest absolute Gasteiger partial charge is 0.480 e. The van der Waals surface area contributed by atoms with Crippen LogP contribution < -0.4 is 5.32 Å². The fourth-order valence-corrected chi connectivity index (χ4v) is 1.71. The number of ether oxygens (including phenoxy) is 1. The standard InChI is InChI=1S/C17H18N2O4/c1-17(2,3)23-16(22)19-14(15(20)21)11-13-8-6-12(7-9-13)5-4-10-18/h6-9,14H,11H2,1-3H3,(H,19,22)(H,20,21). The maximum Gasteiger partial charge on any atom is 0.408 e. The summed E-state index contributed by atoms with van der Waals surface area (Å²) in [5, 5.41) is 19.9. The second kappa shape index (κ2) is 7.86. The van der Waals surface area contributed by atoms with Gasteiger partial charge in [0.05, 0.1) is 0 Å². The Morgan fingerprint density at radius 3 is 2.39 bits per heavy atom. The Morgan fingerprint density at radius 2 is 1.91 bits per heavy atom. The molecule has 1 amide bonds. The fourth-order valence-electron chi connectivity index (χ4n) is 1.71. The topological polar surface area (TPSA) is 99.4 Å². The van der Waals surface area contributed by atoms with E-state index in [0.717, 1.165) is 5.56 Å². The minimum absolute atomic E-state index is 0.112. The molecule has 0 spiro atoms. The third-order valence-electron chi connectivity index (χ3n) is 2.65. The first-order chi connectivity index (χ1) is 10.7. The number of nitriles is 1. The summed E-state index contributed by atoms with van der Waals surface area (Å²) in [6.07, 6.45) is -0.665. The van der Waals surface area contributed by atoms with E-state index >= 15 is 0 Å². The minimum Gasteiger partial charge on any atom is -0.480 e. The van der Waals surface area contributed by atoms with Crippen LogP contribution in [0.2, 0.25) is 0 Å². The number of aliphatic carboxylic acids is 1. The Balaban J connectivity index is 2.75. The summed E-state index contributed by atoms with van der Waals surface area (Å²) in [4.78, 5) is 23.0. The summed E-state index contributed by atoms with van der Waals surface area (Å²) in [5.74, 6) is 3.77. The van der Waals surface area contributed by atoms with Crippen molar-refractivity contribution in [2.45, 2.75) is 38.8 Å². The SMILES string of the molecule is CC(C)(C)OC(=O)NC(Cc1ccc(C#CC#N)cc1)C(=O)O. The molecule has 0 aliphatic heterocycles. The van der Waals surface area contributed by atoms with Gasteiger partial charge in [0, 0.05) is 17.9 Å². The first-order valence-corrected chi connectivity index (χ1v) is 6.92. The van der Waals surface area contributed by atoms with E-state index in [-0.39, 0.29) is 6.42 Å². The van der Waals surface area contributed by atoms with Gasteiger partial charge >= 0.3 is 12.1 Å². The van der Waals surface area contributed by atoms with E-state index in [0.29, 0.717) is 5.56 Å². The van der Waals surface area contributed by atoms with Gasteiger partial charge < -0.3 is 15.2 Å².